The van der Waals surface area contributed by atoms with E-state index >= 15 is 0 Å². The van der Waals surface area contributed by atoms with Crippen LogP contribution >= 0.6 is 23.5 Å². The number of rotatable bonds is 7. The van der Waals surface area contributed by atoms with E-state index in [2.05, 4.69) is 5.32 Å². The minimum Gasteiger partial charge on any atom is -0.508 e. The lowest BCUT2D eigenvalue weighted by Gasteiger charge is -2.05. The molecule has 0 aliphatic rings. The Hall–Kier alpha value is -1.79. The zero-order valence-electron chi connectivity index (χ0n) is 11.9. The molecule has 6 heteroatoms. The first-order chi connectivity index (χ1) is 10.6. The number of phenolic OH excluding ortho intramolecular Hbond substituents is 2. The first-order valence-corrected chi connectivity index (χ1v) is 8.71. The van der Waals surface area contributed by atoms with E-state index in [1.165, 1.54) is 11.8 Å². The van der Waals surface area contributed by atoms with Crippen LogP contribution in [0.25, 0.3) is 0 Å². The summed E-state index contributed by atoms with van der Waals surface area (Å²) in [5.74, 6) is 1.60. The molecule has 0 saturated heterocycles. The van der Waals surface area contributed by atoms with Crippen molar-refractivity contribution in [2.24, 2.45) is 0 Å². The SMILES string of the molecule is O=C(CSc1ccc(O)cc1)NCCSc1ccc(O)cc1. The van der Waals surface area contributed by atoms with E-state index in [1.807, 2.05) is 12.1 Å². The number of benzene rings is 2. The number of amides is 1. The largest absolute Gasteiger partial charge is 0.508 e. The van der Waals surface area contributed by atoms with E-state index in [9.17, 15) is 15.0 Å². The van der Waals surface area contributed by atoms with Crippen molar-refractivity contribution in [1.29, 1.82) is 0 Å². The molecule has 0 aromatic heterocycles. The predicted molar refractivity (Wildman–Crippen MR) is 90.7 cm³/mol. The van der Waals surface area contributed by atoms with Crippen LogP contribution in [0.3, 0.4) is 0 Å². The van der Waals surface area contributed by atoms with Crippen LogP contribution in [-0.4, -0.2) is 34.2 Å². The van der Waals surface area contributed by atoms with E-state index in [0.29, 0.717) is 12.3 Å². The minimum atomic E-state index is -0.00983. The number of phenols is 2. The summed E-state index contributed by atoms with van der Waals surface area (Å²) in [6.45, 7) is 0.598. The fraction of sp³-hybridized carbons (Fsp3) is 0.188. The lowest BCUT2D eigenvalue weighted by atomic mass is 10.3. The first-order valence-electron chi connectivity index (χ1n) is 6.74. The third-order valence-electron chi connectivity index (χ3n) is 2.74. The number of hydrogen-bond donors (Lipinski definition) is 3. The Kier molecular flexibility index (Phi) is 6.48. The van der Waals surface area contributed by atoms with Gasteiger partial charge in [-0.3, -0.25) is 4.79 Å². The molecule has 0 fully saturated rings. The van der Waals surface area contributed by atoms with E-state index in [1.54, 1.807) is 48.2 Å². The highest BCUT2D eigenvalue weighted by Gasteiger charge is 2.03. The van der Waals surface area contributed by atoms with Gasteiger partial charge < -0.3 is 15.5 Å². The second-order valence-electron chi connectivity index (χ2n) is 4.47. The summed E-state index contributed by atoms with van der Waals surface area (Å²) in [4.78, 5) is 13.7. The maximum atomic E-state index is 11.7. The van der Waals surface area contributed by atoms with Crippen molar-refractivity contribution in [3.8, 4) is 11.5 Å². The lowest BCUT2D eigenvalue weighted by molar-refractivity contribution is -0.118. The molecule has 0 unspecified atom stereocenters. The van der Waals surface area contributed by atoms with Gasteiger partial charge in [0.1, 0.15) is 11.5 Å². The summed E-state index contributed by atoms with van der Waals surface area (Å²) in [5.41, 5.74) is 0. The highest BCUT2D eigenvalue weighted by Crippen LogP contribution is 2.21. The smallest absolute Gasteiger partial charge is 0.230 e. The Morgan fingerprint density at radius 1 is 0.864 bits per heavy atom. The maximum Gasteiger partial charge on any atom is 0.230 e. The maximum absolute atomic E-state index is 11.7. The van der Waals surface area contributed by atoms with Gasteiger partial charge in [-0.1, -0.05) is 0 Å². The van der Waals surface area contributed by atoms with Crippen LogP contribution in [0.15, 0.2) is 58.3 Å². The van der Waals surface area contributed by atoms with Crippen LogP contribution in [0, 0.1) is 0 Å². The molecule has 0 heterocycles. The van der Waals surface area contributed by atoms with Gasteiger partial charge >= 0.3 is 0 Å². The number of thioether (sulfide) groups is 2. The van der Waals surface area contributed by atoms with Crippen LogP contribution in [-0.2, 0) is 4.79 Å². The van der Waals surface area contributed by atoms with Crippen LogP contribution < -0.4 is 5.32 Å². The average Bonchev–Trinajstić information content (AvgIpc) is 2.53. The molecule has 3 N–H and O–H groups in total. The second-order valence-corrected chi connectivity index (χ2v) is 6.69. The van der Waals surface area contributed by atoms with Crippen molar-refractivity contribution >= 4 is 29.4 Å². The van der Waals surface area contributed by atoms with Gasteiger partial charge in [-0.25, -0.2) is 0 Å². The molecule has 2 aromatic carbocycles. The average molecular weight is 335 g/mol. The summed E-state index contributed by atoms with van der Waals surface area (Å²) < 4.78 is 0. The second kappa shape index (κ2) is 8.60. The molecule has 22 heavy (non-hydrogen) atoms. The zero-order valence-corrected chi connectivity index (χ0v) is 13.5. The monoisotopic (exact) mass is 335 g/mol. The van der Waals surface area contributed by atoms with Crippen molar-refractivity contribution in [1.82, 2.24) is 5.32 Å². The Bertz CT molecular complexity index is 600. The van der Waals surface area contributed by atoms with Gasteiger partial charge in [0.2, 0.25) is 5.91 Å². The Morgan fingerprint density at radius 2 is 1.36 bits per heavy atom. The number of carbonyl (C=O) groups is 1. The fourth-order valence-corrected chi connectivity index (χ4v) is 3.14. The molecule has 0 atom stereocenters. The minimum absolute atomic E-state index is 0.00983. The molecule has 0 spiro atoms. The molecule has 0 bridgehead atoms. The van der Waals surface area contributed by atoms with Crippen molar-refractivity contribution in [3.63, 3.8) is 0 Å². The van der Waals surface area contributed by atoms with Gasteiger partial charge in [-0.2, -0.15) is 0 Å². The van der Waals surface area contributed by atoms with Gasteiger partial charge in [0.25, 0.3) is 0 Å². The molecule has 1 amide bonds. The summed E-state index contributed by atoms with van der Waals surface area (Å²) in [6, 6.07) is 13.8. The van der Waals surface area contributed by atoms with Gasteiger partial charge in [0.15, 0.2) is 0 Å². The fourth-order valence-electron chi connectivity index (χ4n) is 1.64. The standard InChI is InChI=1S/C16H17NO3S2/c18-12-1-5-14(6-2-12)21-10-9-17-16(20)11-22-15-7-3-13(19)4-8-15/h1-8,18-19H,9-11H2,(H,17,20). The molecule has 4 nitrogen and oxygen atoms in total. The Morgan fingerprint density at radius 3 is 1.91 bits per heavy atom. The first kappa shape index (κ1) is 16.6. The normalized spacial score (nSPS) is 10.4. The Balaban J connectivity index is 1.61. The molecule has 116 valence electrons. The molecule has 0 aliphatic carbocycles. The highest BCUT2D eigenvalue weighted by molar-refractivity contribution is 8.00. The number of nitrogens with one attached hydrogen (secondary N) is 1. The van der Waals surface area contributed by atoms with E-state index in [0.717, 1.165) is 15.5 Å². The third kappa shape index (κ3) is 5.91. The van der Waals surface area contributed by atoms with Gasteiger partial charge in [0.05, 0.1) is 5.75 Å². The summed E-state index contributed by atoms with van der Waals surface area (Å²) in [6.07, 6.45) is 0. The zero-order chi connectivity index (χ0) is 15.8. The summed E-state index contributed by atoms with van der Waals surface area (Å²) >= 11 is 3.06. The van der Waals surface area contributed by atoms with Crippen LogP contribution in [0.5, 0.6) is 11.5 Å². The van der Waals surface area contributed by atoms with E-state index in [-0.39, 0.29) is 17.4 Å². The lowest BCUT2D eigenvalue weighted by Crippen LogP contribution is -2.27. The van der Waals surface area contributed by atoms with E-state index < -0.39 is 0 Å². The molecule has 2 rings (SSSR count). The molecular formula is C16H17NO3S2. The molecular weight excluding hydrogens is 318 g/mol. The van der Waals surface area contributed by atoms with E-state index in [4.69, 9.17) is 0 Å². The van der Waals surface area contributed by atoms with Crippen molar-refractivity contribution in [3.05, 3.63) is 48.5 Å². The molecule has 0 saturated carbocycles. The predicted octanol–water partition coefficient (Wildman–Crippen LogP) is 3.10. The van der Waals surface area contributed by atoms with Crippen LogP contribution in [0.1, 0.15) is 0 Å². The molecule has 0 aliphatic heterocycles. The van der Waals surface area contributed by atoms with Crippen molar-refractivity contribution in [2.75, 3.05) is 18.1 Å². The number of carbonyl (C=O) groups excluding carboxylic acids is 1. The highest BCUT2D eigenvalue weighted by atomic mass is 32.2. The van der Waals surface area contributed by atoms with Crippen molar-refractivity contribution < 1.29 is 15.0 Å². The molecule has 0 radical (unpaired) electrons. The van der Waals surface area contributed by atoms with Crippen LogP contribution in [0.4, 0.5) is 0 Å². The van der Waals surface area contributed by atoms with Crippen molar-refractivity contribution in [2.45, 2.75) is 9.79 Å². The third-order valence-corrected chi connectivity index (χ3v) is 4.76. The quantitative estimate of drug-likeness (QED) is 0.536. The number of aromatic hydroxyl groups is 2. The summed E-state index contributed by atoms with van der Waals surface area (Å²) in [5, 5.41) is 21.2. The Labute approximate surface area is 137 Å². The van der Waals surface area contributed by atoms with Crippen LogP contribution in [0.2, 0.25) is 0 Å². The van der Waals surface area contributed by atoms with Gasteiger partial charge in [0, 0.05) is 22.1 Å². The molecule has 2 aromatic rings. The topological polar surface area (TPSA) is 69.6 Å². The van der Waals surface area contributed by atoms with Gasteiger partial charge in [-0.05, 0) is 48.5 Å². The summed E-state index contributed by atoms with van der Waals surface area (Å²) in [7, 11) is 0. The van der Waals surface area contributed by atoms with Gasteiger partial charge in [-0.15, -0.1) is 23.5 Å². The number of hydrogen-bond acceptors (Lipinski definition) is 5.